The monoisotopic (exact) mass is 827 g/mol. The minimum Gasteiger partial charge on any atom is -0.462 e. The Morgan fingerprint density at radius 2 is 0.661 bits per heavy atom. The Morgan fingerprint density at radius 3 is 1.05 bits per heavy atom. The van der Waals surface area contributed by atoms with Crippen molar-refractivity contribution in [1.29, 1.82) is 0 Å². The number of rotatable bonds is 45. The van der Waals surface area contributed by atoms with Crippen molar-refractivity contribution >= 4 is 17.9 Å². The van der Waals surface area contributed by atoms with Gasteiger partial charge in [-0.15, -0.1) is 0 Å². The van der Waals surface area contributed by atoms with Gasteiger partial charge in [-0.05, 0) is 77.0 Å². The van der Waals surface area contributed by atoms with E-state index in [0.717, 1.165) is 96.3 Å². The molecule has 0 aromatic carbocycles. The maximum absolute atomic E-state index is 12.8. The lowest BCUT2D eigenvalue weighted by Gasteiger charge is -2.18. The van der Waals surface area contributed by atoms with E-state index in [1.54, 1.807) is 0 Å². The van der Waals surface area contributed by atoms with E-state index in [9.17, 15) is 14.4 Å². The average Bonchev–Trinajstić information content (AvgIpc) is 3.23. The zero-order valence-electron chi connectivity index (χ0n) is 39.0. The zero-order chi connectivity index (χ0) is 43.0. The number of hydrogen-bond donors (Lipinski definition) is 0. The number of carbonyl (C=O) groups is 3. The van der Waals surface area contributed by atoms with Crippen LogP contribution in [0.2, 0.25) is 0 Å². The molecule has 0 aromatic heterocycles. The lowest BCUT2D eigenvalue weighted by molar-refractivity contribution is -0.167. The molecule has 0 aliphatic heterocycles. The molecule has 1 atom stereocenters. The van der Waals surface area contributed by atoms with Crippen molar-refractivity contribution in [2.45, 2.75) is 258 Å². The van der Waals surface area contributed by atoms with Crippen LogP contribution in [0, 0.1) is 0 Å². The van der Waals surface area contributed by atoms with Crippen molar-refractivity contribution < 1.29 is 28.6 Å². The molecular formula is C53H94O6. The summed E-state index contributed by atoms with van der Waals surface area (Å²) in [4.78, 5) is 37.8. The maximum Gasteiger partial charge on any atom is 0.306 e. The van der Waals surface area contributed by atoms with Gasteiger partial charge in [0.05, 0.1) is 0 Å². The molecule has 0 aliphatic carbocycles. The van der Waals surface area contributed by atoms with Crippen LogP contribution in [-0.4, -0.2) is 37.2 Å². The number of esters is 3. The van der Waals surface area contributed by atoms with Crippen LogP contribution in [0.25, 0.3) is 0 Å². The number of allylic oxidation sites excluding steroid dienone is 8. The Hall–Kier alpha value is -2.63. The van der Waals surface area contributed by atoms with Crippen molar-refractivity contribution in [3.63, 3.8) is 0 Å². The number of carbonyl (C=O) groups excluding carboxylic acids is 3. The van der Waals surface area contributed by atoms with E-state index >= 15 is 0 Å². The topological polar surface area (TPSA) is 78.9 Å². The largest absolute Gasteiger partial charge is 0.462 e. The van der Waals surface area contributed by atoms with E-state index in [4.69, 9.17) is 14.2 Å². The van der Waals surface area contributed by atoms with Crippen molar-refractivity contribution in [2.75, 3.05) is 13.2 Å². The molecule has 6 nitrogen and oxygen atoms in total. The Kier molecular flexibility index (Phi) is 45.9. The van der Waals surface area contributed by atoms with Gasteiger partial charge in [0.2, 0.25) is 0 Å². The molecule has 0 heterocycles. The standard InChI is InChI=1S/C53H94O6/c1-4-7-10-13-16-19-21-23-25-26-28-29-31-34-37-40-43-46-52(55)58-49-50(48-57-51(54)45-42-39-36-33-18-15-12-9-6-3)59-53(56)47-44-41-38-35-32-30-27-24-22-20-17-14-11-8-5-2/h8,11,17,20,23-25,27,50H,4-7,9-10,12-16,18-19,21-22,26,28-49H2,1-3H3/b11-8-,20-17-,25-23-,27-24-/t50-/m1/s1. The summed E-state index contributed by atoms with van der Waals surface area (Å²) in [6.07, 6.45) is 56.7. The SMILES string of the molecule is CC/C=C\C/C=C\C/C=C\CCCCCCCC(=O)O[C@@H](COC(=O)CCCCCCCCC/C=C\CCCCCCCC)COC(=O)CCCCCCCCCCC. The van der Waals surface area contributed by atoms with E-state index < -0.39 is 6.10 Å². The molecule has 0 rings (SSSR count). The second-order valence-electron chi connectivity index (χ2n) is 16.7. The summed E-state index contributed by atoms with van der Waals surface area (Å²) in [7, 11) is 0. The first-order valence-corrected chi connectivity index (χ1v) is 25.1. The van der Waals surface area contributed by atoms with Gasteiger partial charge in [0, 0.05) is 19.3 Å². The van der Waals surface area contributed by atoms with Crippen LogP contribution in [0.5, 0.6) is 0 Å². The quantitative estimate of drug-likeness (QED) is 0.0263. The molecule has 0 radical (unpaired) electrons. The highest BCUT2D eigenvalue weighted by molar-refractivity contribution is 5.71. The Morgan fingerprint density at radius 1 is 0.356 bits per heavy atom. The predicted octanol–water partition coefficient (Wildman–Crippen LogP) is 16.3. The van der Waals surface area contributed by atoms with E-state index in [1.165, 1.54) is 116 Å². The van der Waals surface area contributed by atoms with Gasteiger partial charge < -0.3 is 14.2 Å². The molecule has 0 unspecified atom stereocenters. The van der Waals surface area contributed by atoms with E-state index in [0.29, 0.717) is 19.3 Å². The van der Waals surface area contributed by atoms with E-state index in [2.05, 4.69) is 69.4 Å². The fourth-order valence-corrected chi connectivity index (χ4v) is 7.04. The zero-order valence-corrected chi connectivity index (χ0v) is 39.0. The molecule has 59 heavy (non-hydrogen) atoms. The lowest BCUT2D eigenvalue weighted by atomic mass is 10.1. The third kappa shape index (κ3) is 46.3. The van der Waals surface area contributed by atoms with Gasteiger partial charge >= 0.3 is 17.9 Å². The molecule has 0 aromatic rings. The average molecular weight is 827 g/mol. The fourth-order valence-electron chi connectivity index (χ4n) is 7.04. The van der Waals surface area contributed by atoms with Crippen LogP contribution in [0.4, 0.5) is 0 Å². The molecule has 342 valence electrons. The number of hydrogen-bond acceptors (Lipinski definition) is 6. The lowest BCUT2D eigenvalue weighted by Crippen LogP contribution is -2.30. The first-order valence-electron chi connectivity index (χ1n) is 25.1. The summed E-state index contributed by atoms with van der Waals surface area (Å²) in [5.74, 6) is -0.899. The highest BCUT2D eigenvalue weighted by atomic mass is 16.6. The second-order valence-corrected chi connectivity index (χ2v) is 16.7. The molecule has 6 heteroatoms. The van der Waals surface area contributed by atoms with Crippen LogP contribution in [0.1, 0.15) is 252 Å². The van der Waals surface area contributed by atoms with Gasteiger partial charge in [-0.1, -0.05) is 204 Å². The van der Waals surface area contributed by atoms with Crippen LogP contribution in [0.15, 0.2) is 48.6 Å². The molecule has 0 saturated heterocycles. The summed E-state index contributed by atoms with van der Waals surface area (Å²) >= 11 is 0. The van der Waals surface area contributed by atoms with Crippen molar-refractivity contribution in [3.05, 3.63) is 48.6 Å². The first-order chi connectivity index (χ1) is 29.0. The van der Waals surface area contributed by atoms with Gasteiger partial charge in [-0.3, -0.25) is 14.4 Å². The number of unbranched alkanes of at least 4 members (excludes halogenated alkanes) is 26. The maximum atomic E-state index is 12.8. The molecule has 0 saturated carbocycles. The minimum atomic E-state index is -0.779. The molecule has 0 fully saturated rings. The summed E-state index contributed by atoms with van der Waals surface area (Å²) in [6, 6.07) is 0. The van der Waals surface area contributed by atoms with Gasteiger partial charge in [-0.2, -0.15) is 0 Å². The van der Waals surface area contributed by atoms with Gasteiger partial charge in [-0.25, -0.2) is 0 Å². The van der Waals surface area contributed by atoms with Gasteiger partial charge in [0.15, 0.2) is 6.10 Å². The Balaban J connectivity index is 4.34. The van der Waals surface area contributed by atoms with Crippen LogP contribution in [-0.2, 0) is 28.6 Å². The minimum absolute atomic E-state index is 0.0799. The van der Waals surface area contributed by atoms with Crippen LogP contribution in [0.3, 0.4) is 0 Å². The van der Waals surface area contributed by atoms with Crippen LogP contribution < -0.4 is 0 Å². The van der Waals surface area contributed by atoms with E-state index in [1.807, 2.05) is 0 Å². The predicted molar refractivity (Wildman–Crippen MR) is 252 cm³/mol. The van der Waals surface area contributed by atoms with Gasteiger partial charge in [0.1, 0.15) is 13.2 Å². The molecule has 0 N–H and O–H groups in total. The fraction of sp³-hybridized carbons (Fsp3) is 0.792. The van der Waals surface area contributed by atoms with Crippen molar-refractivity contribution in [2.24, 2.45) is 0 Å². The molecule has 0 aliphatic rings. The summed E-state index contributed by atoms with van der Waals surface area (Å²) in [6.45, 7) is 6.49. The second kappa shape index (κ2) is 48.0. The molecule has 0 amide bonds. The van der Waals surface area contributed by atoms with Crippen LogP contribution >= 0.6 is 0 Å². The summed E-state index contributed by atoms with van der Waals surface area (Å²) in [5, 5.41) is 0. The van der Waals surface area contributed by atoms with Crippen molar-refractivity contribution in [3.8, 4) is 0 Å². The molecule has 0 spiro atoms. The highest BCUT2D eigenvalue weighted by Gasteiger charge is 2.19. The highest BCUT2D eigenvalue weighted by Crippen LogP contribution is 2.14. The molecular weight excluding hydrogens is 733 g/mol. The Labute approximate surface area is 365 Å². The molecule has 0 bridgehead atoms. The van der Waals surface area contributed by atoms with Gasteiger partial charge in [0.25, 0.3) is 0 Å². The third-order valence-corrected chi connectivity index (χ3v) is 10.8. The Bertz CT molecular complexity index is 1040. The smallest absolute Gasteiger partial charge is 0.306 e. The first kappa shape index (κ1) is 56.4. The van der Waals surface area contributed by atoms with Crippen molar-refractivity contribution in [1.82, 2.24) is 0 Å². The third-order valence-electron chi connectivity index (χ3n) is 10.8. The summed E-state index contributed by atoms with van der Waals surface area (Å²) in [5.41, 5.74) is 0. The normalized spacial score (nSPS) is 12.4. The van der Waals surface area contributed by atoms with E-state index in [-0.39, 0.29) is 31.1 Å². The number of ether oxygens (including phenoxy) is 3. The summed E-state index contributed by atoms with van der Waals surface area (Å²) < 4.78 is 16.7.